The first-order valence-electron chi connectivity index (χ1n) is 9.95. The van der Waals surface area contributed by atoms with E-state index in [-0.39, 0.29) is 12.1 Å². The van der Waals surface area contributed by atoms with E-state index in [1.807, 2.05) is 12.1 Å². The molecule has 0 spiro atoms. The van der Waals surface area contributed by atoms with E-state index in [4.69, 9.17) is 10.00 Å². The van der Waals surface area contributed by atoms with Gasteiger partial charge in [-0.15, -0.1) is 0 Å². The van der Waals surface area contributed by atoms with Crippen LogP contribution in [-0.4, -0.2) is 39.3 Å². The number of nitriles is 1. The number of hydrogen-bond donors (Lipinski definition) is 3. The summed E-state index contributed by atoms with van der Waals surface area (Å²) in [7, 11) is 0. The highest BCUT2D eigenvalue weighted by Crippen LogP contribution is 2.31. The number of carbonyl (C=O) groups excluding carboxylic acids is 2. The Balaban J connectivity index is 1.84. The number of aliphatic hydroxyl groups is 1. The average Bonchev–Trinajstić information content (AvgIpc) is 2.68. The molecule has 158 valence electrons. The molecule has 8 heteroatoms. The minimum absolute atomic E-state index is 0.209. The van der Waals surface area contributed by atoms with Crippen molar-refractivity contribution < 1.29 is 19.4 Å². The molecule has 3 rings (SSSR count). The highest BCUT2D eigenvalue weighted by Gasteiger charge is 2.46. The Morgan fingerprint density at radius 1 is 1.27 bits per heavy atom. The highest BCUT2D eigenvalue weighted by molar-refractivity contribution is 6.04. The number of hydrogen-bond acceptors (Lipinski definition) is 6. The Morgan fingerprint density at radius 2 is 2.03 bits per heavy atom. The van der Waals surface area contributed by atoms with Crippen molar-refractivity contribution in [3.63, 3.8) is 0 Å². The number of alkyl carbamates (subject to hydrolysis) is 1. The lowest BCUT2D eigenvalue weighted by Crippen LogP contribution is -2.61. The number of amides is 2. The third-order valence-electron chi connectivity index (χ3n) is 5.04. The van der Waals surface area contributed by atoms with Crippen molar-refractivity contribution in [3.05, 3.63) is 36.0 Å². The van der Waals surface area contributed by atoms with E-state index in [2.05, 4.69) is 15.6 Å². The van der Waals surface area contributed by atoms with Crippen molar-refractivity contribution in [3.8, 4) is 6.07 Å². The molecular weight excluding hydrogens is 384 g/mol. The molecule has 1 saturated carbocycles. The van der Waals surface area contributed by atoms with Crippen molar-refractivity contribution in [1.82, 2.24) is 10.3 Å². The molecule has 2 amide bonds. The number of fused-ring (bicyclic) bond motifs is 1. The summed E-state index contributed by atoms with van der Waals surface area (Å²) in [4.78, 5) is 29.6. The van der Waals surface area contributed by atoms with Gasteiger partial charge in [0.1, 0.15) is 17.4 Å². The van der Waals surface area contributed by atoms with Gasteiger partial charge in [-0.2, -0.15) is 5.26 Å². The van der Waals surface area contributed by atoms with Gasteiger partial charge in [0.15, 0.2) is 5.60 Å². The number of para-hydroxylation sites is 1. The molecule has 2 atom stereocenters. The molecule has 30 heavy (non-hydrogen) atoms. The van der Waals surface area contributed by atoms with Gasteiger partial charge in [-0.3, -0.25) is 4.79 Å². The topological polar surface area (TPSA) is 124 Å². The molecule has 1 aliphatic carbocycles. The van der Waals surface area contributed by atoms with E-state index >= 15 is 0 Å². The molecule has 1 aliphatic rings. The monoisotopic (exact) mass is 410 g/mol. The van der Waals surface area contributed by atoms with Gasteiger partial charge >= 0.3 is 6.09 Å². The van der Waals surface area contributed by atoms with Crippen LogP contribution in [0.2, 0.25) is 0 Å². The van der Waals surface area contributed by atoms with E-state index in [9.17, 15) is 14.7 Å². The Labute approximate surface area is 175 Å². The maximum absolute atomic E-state index is 13.1. The van der Waals surface area contributed by atoms with Crippen LogP contribution in [0.25, 0.3) is 10.9 Å². The molecule has 1 heterocycles. The molecule has 0 saturated heterocycles. The number of ether oxygens (including phenoxy) is 1. The summed E-state index contributed by atoms with van der Waals surface area (Å²) in [6, 6.07) is 9.79. The van der Waals surface area contributed by atoms with Crippen LogP contribution < -0.4 is 10.6 Å². The summed E-state index contributed by atoms with van der Waals surface area (Å²) < 4.78 is 5.28. The second-order valence-electron chi connectivity index (χ2n) is 8.51. The summed E-state index contributed by atoms with van der Waals surface area (Å²) in [5, 5.41) is 26.5. The highest BCUT2D eigenvalue weighted by atomic mass is 16.6. The lowest BCUT2D eigenvalue weighted by atomic mass is 9.79. The normalized spacial score (nSPS) is 21.5. The summed E-state index contributed by atoms with van der Waals surface area (Å²) >= 11 is 0. The van der Waals surface area contributed by atoms with Crippen molar-refractivity contribution in [2.75, 3.05) is 5.32 Å². The van der Waals surface area contributed by atoms with E-state index in [1.54, 1.807) is 45.0 Å². The first-order valence-corrected chi connectivity index (χ1v) is 9.95. The van der Waals surface area contributed by atoms with Crippen molar-refractivity contribution in [2.24, 2.45) is 0 Å². The summed E-state index contributed by atoms with van der Waals surface area (Å²) in [6.45, 7) is 5.24. The number of aromatic nitrogens is 1. The average molecular weight is 410 g/mol. The first kappa shape index (κ1) is 21.5. The molecule has 1 fully saturated rings. The molecular formula is C22H26N4O4. The third kappa shape index (κ3) is 4.69. The predicted molar refractivity (Wildman–Crippen MR) is 112 cm³/mol. The second-order valence-corrected chi connectivity index (χ2v) is 8.51. The van der Waals surface area contributed by atoms with Gasteiger partial charge in [-0.25, -0.2) is 9.78 Å². The zero-order valence-corrected chi connectivity index (χ0v) is 17.4. The van der Waals surface area contributed by atoms with E-state index < -0.39 is 29.2 Å². The number of nitrogens with one attached hydrogen (secondary N) is 2. The zero-order valence-electron chi connectivity index (χ0n) is 17.4. The summed E-state index contributed by atoms with van der Waals surface area (Å²) in [5.41, 5.74) is -1.40. The van der Waals surface area contributed by atoms with E-state index in [0.717, 1.165) is 11.8 Å². The second kappa shape index (κ2) is 8.28. The molecule has 1 aromatic heterocycles. The van der Waals surface area contributed by atoms with Crippen LogP contribution in [0.15, 0.2) is 30.3 Å². The fourth-order valence-electron chi connectivity index (χ4n) is 3.61. The van der Waals surface area contributed by atoms with Crippen LogP contribution in [-0.2, 0) is 9.53 Å². The molecule has 1 aromatic carbocycles. The molecule has 3 N–H and O–H groups in total. The standard InChI is InChI=1S/C22H26N4O4/c1-21(2,3)30-20(28)26-17-9-4-5-12-22(17,29)19(27)25-16-8-6-7-14-10-11-15(13-23)24-18(14)16/h6-8,10-11,17,29H,4-5,9,12H2,1-3H3,(H,25,27)(H,26,28). The van der Waals surface area contributed by atoms with Crippen molar-refractivity contribution in [2.45, 2.75) is 63.7 Å². The van der Waals surface area contributed by atoms with Crippen LogP contribution in [0.4, 0.5) is 10.5 Å². The molecule has 8 nitrogen and oxygen atoms in total. The number of carbonyl (C=O) groups is 2. The van der Waals surface area contributed by atoms with Gasteiger partial charge in [-0.05, 0) is 58.2 Å². The fraction of sp³-hybridized carbons (Fsp3) is 0.455. The molecule has 2 aromatic rings. The van der Waals surface area contributed by atoms with Gasteiger partial charge < -0.3 is 20.5 Å². The van der Waals surface area contributed by atoms with Crippen LogP contribution >= 0.6 is 0 Å². The van der Waals surface area contributed by atoms with E-state index in [1.165, 1.54) is 0 Å². The molecule has 0 radical (unpaired) electrons. The van der Waals surface area contributed by atoms with Crippen LogP contribution in [0.1, 0.15) is 52.1 Å². The smallest absolute Gasteiger partial charge is 0.407 e. The fourth-order valence-corrected chi connectivity index (χ4v) is 3.61. The number of rotatable bonds is 3. The Morgan fingerprint density at radius 3 is 2.73 bits per heavy atom. The van der Waals surface area contributed by atoms with Gasteiger partial charge in [-0.1, -0.05) is 18.6 Å². The van der Waals surface area contributed by atoms with Crippen LogP contribution in [0.3, 0.4) is 0 Å². The van der Waals surface area contributed by atoms with E-state index in [0.29, 0.717) is 24.0 Å². The largest absolute Gasteiger partial charge is 0.444 e. The Bertz CT molecular complexity index is 1010. The van der Waals surface area contributed by atoms with Gasteiger partial charge in [0.05, 0.1) is 17.2 Å². The predicted octanol–water partition coefficient (Wildman–Crippen LogP) is 3.24. The summed E-state index contributed by atoms with van der Waals surface area (Å²) in [5.74, 6) is -0.625. The number of nitrogens with zero attached hydrogens (tertiary/aromatic N) is 2. The SMILES string of the molecule is CC(C)(C)OC(=O)NC1CCCCC1(O)C(=O)Nc1cccc2ccc(C#N)nc12. The van der Waals surface area contributed by atoms with Gasteiger partial charge in [0, 0.05) is 5.39 Å². The van der Waals surface area contributed by atoms with Gasteiger partial charge in [0.2, 0.25) is 0 Å². The Kier molecular flexibility index (Phi) is 5.94. The minimum atomic E-state index is -1.79. The lowest BCUT2D eigenvalue weighted by Gasteiger charge is -2.39. The van der Waals surface area contributed by atoms with Gasteiger partial charge in [0.25, 0.3) is 5.91 Å². The molecule has 2 unspecified atom stereocenters. The maximum Gasteiger partial charge on any atom is 0.407 e. The number of pyridine rings is 1. The minimum Gasteiger partial charge on any atom is -0.444 e. The van der Waals surface area contributed by atoms with Crippen molar-refractivity contribution in [1.29, 1.82) is 5.26 Å². The summed E-state index contributed by atoms with van der Waals surface area (Å²) in [6.07, 6.45) is 1.42. The Hall–Kier alpha value is -3.18. The maximum atomic E-state index is 13.1. The number of anilines is 1. The quantitative estimate of drug-likeness (QED) is 0.713. The number of benzene rings is 1. The lowest BCUT2D eigenvalue weighted by molar-refractivity contribution is -0.140. The van der Waals surface area contributed by atoms with Crippen LogP contribution in [0.5, 0.6) is 0 Å². The van der Waals surface area contributed by atoms with Crippen molar-refractivity contribution >= 4 is 28.6 Å². The first-order chi connectivity index (χ1) is 14.1. The molecule has 0 bridgehead atoms. The third-order valence-corrected chi connectivity index (χ3v) is 5.04. The molecule has 0 aliphatic heterocycles. The van der Waals surface area contributed by atoms with Crippen LogP contribution in [0, 0.1) is 11.3 Å². The zero-order chi connectivity index (χ0) is 21.9.